The Morgan fingerprint density at radius 3 is 2.26 bits per heavy atom. The number of hydrogen-bond acceptors (Lipinski definition) is 0. The fourth-order valence-corrected chi connectivity index (χ4v) is 3.24. The lowest BCUT2D eigenvalue weighted by atomic mass is 9.93. The van der Waals surface area contributed by atoms with Crippen LogP contribution in [-0.4, -0.2) is 0 Å². The van der Waals surface area contributed by atoms with Gasteiger partial charge in [-0.15, -0.1) is 0 Å². The van der Waals surface area contributed by atoms with E-state index in [-0.39, 0.29) is 0 Å². The van der Waals surface area contributed by atoms with Crippen molar-refractivity contribution in [2.24, 2.45) is 0 Å². The van der Waals surface area contributed by atoms with Gasteiger partial charge in [-0.3, -0.25) is 0 Å². The molecule has 0 amide bonds. The standard InChI is InChI=1S/C18H11Cl/c1-2-11-10-14-7-6-12-4-3-5-13-8-9-15(18(11)19)17(14)16(12)13/h2-10H,1H2. The highest BCUT2D eigenvalue weighted by molar-refractivity contribution is 6.40. The Labute approximate surface area is 116 Å². The highest BCUT2D eigenvalue weighted by atomic mass is 35.5. The molecule has 19 heavy (non-hydrogen) atoms. The van der Waals surface area contributed by atoms with Crippen LogP contribution in [0.15, 0.2) is 55.1 Å². The third kappa shape index (κ3) is 1.35. The van der Waals surface area contributed by atoms with E-state index in [1.54, 1.807) is 0 Å². The maximum absolute atomic E-state index is 6.50. The number of halogens is 1. The molecule has 0 saturated heterocycles. The summed E-state index contributed by atoms with van der Waals surface area (Å²) in [5.74, 6) is 0. The number of benzene rings is 4. The van der Waals surface area contributed by atoms with Gasteiger partial charge in [0.25, 0.3) is 0 Å². The van der Waals surface area contributed by atoms with Gasteiger partial charge in [-0.25, -0.2) is 0 Å². The predicted molar refractivity (Wildman–Crippen MR) is 85.2 cm³/mol. The second-order valence-corrected chi connectivity index (χ2v) is 5.22. The summed E-state index contributed by atoms with van der Waals surface area (Å²) in [5, 5.41) is 8.20. The van der Waals surface area contributed by atoms with E-state index in [4.69, 9.17) is 11.6 Å². The minimum Gasteiger partial charge on any atom is -0.0984 e. The molecule has 0 radical (unpaired) electrons. The summed E-state index contributed by atoms with van der Waals surface area (Å²) in [6.07, 6.45) is 1.82. The Bertz CT molecular complexity index is 919. The van der Waals surface area contributed by atoms with Crippen LogP contribution in [0.25, 0.3) is 38.4 Å². The zero-order valence-electron chi connectivity index (χ0n) is 10.3. The molecule has 4 aromatic rings. The SMILES string of the molecule is C=Cc1cc2ccc3cccc4ccc(c1Cl)c2c34. The second-order valence-electron chi connectivity index (χ2n) is 4.84. The molecule has 0 saturated carbocycles. The smallest absolute Gasteiger partial charge is 0.0557 e. The van der Waals surface area contributed by atoms with Gasteiger partial charge < -0.3 is 0 Å². The van der Waals surface area contributed by atoms with Crippen LogP contribution in [0.5, 0.6) is 0 Å². The van der Waals surface area contributed by atoms with Gasteiger partial charge in [-0.1, -0.05) is 66.7 Å². The van der Waals surface area contributed by atoms with Crippen LogP contribution in [0.2, 0.25) is 5.02 Å². The highest BCUT2D eigenvalue weighted by Crippen LogP contribution is 2.39. The van der Waals surface area contributed by atoms with E-state index in [9.17, 15) is 0 Å². The minimum atomic E-state index is 0.792. The van der Waals surface area contributed by atoms with Crippen molar-refractivity contribution in [2.45, 2.75) is 0 Å². The lowest BCUT2D eigenvalue weighted by Crippen LogP contribution is -1.86. The Morgan fingerprint density at radius 2 is 1.53 bits per heavy atom. The van der Waals surface area contributed by atoms with E-state index >= 15 is 0 Å². The highest BCUT2D eigenvalue weighted by Gasteiger charge is 2.11. The molecule has 1 heteroatoms. The van der Waals surface area contributed by atoms with Crippen LogP contribution in [-0.2, 0) is 0 Å². The van der Waals surface area contributed by atoms with Crippen LogP contribution < -0.4 is 0 Å². The van der Waals surface area contributed by atoms with Crippen LogP contribution in [0, 0.1) is 0 Å². The zero-order valence-corrected chi connectivity index (χ0v) is 11.0. The summed E-state index contributed by atoms with van der Waals surface area (Å²) in [4.78, 5) is 0. The van der Waals surface area contributed by atoms with Crippen LogP contribution >= 0.6 is 11.6 Å². The van der Waals surface area contributed by atoms with Gasteiger partial charge in [0.15, 0.2) is 0 Å². The first kappa shape index (κ1) is 10.8. The topological polar surface area (TPSA) is 0 Å². The Morgan fingerprint density at radius 1 is 0.842 bits per heavy atom. The Kier molecular flexibility index (Phi) is 2.12. The molecular formula is C18H11Cl. The summed E-state index contributed by atoms with van der Waals surface area (Å²) < 4.78 is 0. The average Bonchev–Trinajstić information content (AvgIpc) is 2.46. The molecule has 90 valence electrons. The van der Waals surface area contributed by atoms with Crippen molar-refractivity contribution in [2.75, 3.05) is 0 Å². The quantitative estimate of drug-likeness (QED) is 0.376. The predicted octanol–water partition coefficient (Wildman–Crippen LogP) is 5.88. The van der Waals surface area contributed by atoms with Gasteiger partial charge in [0.05, 0.1) is 5.02 Å². The summed E-state index contributed by atoms with van der Waals surface area (Å²) in [5.41, 5.74) is 0.993. The maximum atomic E-state index is 6.50. The van der Waals surface area contributed by atoms with Gasteiger partial charge in [0.2, 0.25) is 0 Å². The first-order valence-corrected chi connectivity index (χ1v) is 6.66. The molecule has 0 unspecified atom stereocenters. The Hall–Kier alpha value is -2.05. The first-order valence-electron chi connectivity index (χ1n) is 6.28. The summed E-state index contributed by atoms with van der Waals surface area (Å²) >= 11 is 6.50. The van der Waals surface area contributed by atoms with Crippen molar-refractivity contribution in [3.05, 3.63) is 65.7 Å². The second kappa shape index (κ2) is 3.72. The molecule has 4 rings (SSSR count). The molecule has 0 heterocycles. The molecule has 0 spiro atoms. The van der Waals surface area contributed by atoms with E-state index in [0.717, 1.165) is 16.0 Å². The van der Waals surface area contributed by atoms with Crippen molar-refractivity contribution in [3.8, 4) is 0 Å². The molecule has 0 bridgehead atoms. The van der Waals surface area contributed by atoms with E-state index in [2.05, 4.69) is 55.1 Å². The van der Waals surface area contributed by atoms with Gasteiger partial charge in [-0.2, -0.15) is 0 Å². The van der Waals surface area contributed by atoms with Crippen molar-refractivity contribution in [1.82, 2.24) is 0 Å². The first-order chi connectivity index (χ1) is 9.29. The Balaban J connectivity index is 2.41. The molecule has 0 aliphatic heterocycles. The zero-order chi connectivity index (χ0) is 13.0. The van der Waals surface area contributed by atoms with E-state index in [1.807, 2.05) is 6.08 Å². The van der Waals surface area contributed by atoms with Gasteiger partial charge in [-0.05, 0) is 38.6 Å². The summed E-state index contributed by atoms with van der Waals surface area (Å²) in [6, 6.07) is 17.1. The van der Waals surface area contributed by atoms with Crippen LogP contribution in [0.3, 0.4) is 0 Å². The van der Waals surface area contributed by atoms with Crippen LogP contribution in [0.1, 0.15) is 5.56 Å². The van der Waals surface area contributed by atoms with Crippen molar-refractivity contribution in [1.29, 1.82) is 0 Å². The van der Waals surface area contributed by atoms with E-state index < -0.39 is 0 Å². The fraction of sp³-hybridized carbons (Fsp3) is 0. The molecule has 0 aliphatic rings. The third-order valence-electron chi connectivity index (χ3n) is 3.83. The molecule has 4 aromatic carbocycles. The summed E-state index contributed by atoms with van der Waals surface area (Å²) in [7, 11) is 0. The van der Waals surface area contributed by atoms with E-state index in [0.29, 0.717) is 0 Å². The lowest BCUT2D eigenvalue weighted by molar-refractivity contribution is 1.74. The number of hydrogen-bond donors (Lipinski definition) is 0. The van der Waals surface area contributed by atoms with Crippen molar-refractivity contribution < 1.29 is 0 Å². The molecule has 0 aromatic heterocycles. The lowest BCUT2D eigenvalue weighted by Gasteiger charge is -2.13. The minimum absolute atomic E-state index is 0.792. The van der Waals surface area contributed by atoms with E-state index in [1.165, 1.54) is 26.9 Å². The molecule has 0 aliphatic carbocycles. The average molecular weight is 263 g/mol. The summed E-state index contributed by atoms with van der Waals surface area (Å²) in [6.45, 7) is 3.84. The van der Waals surface area contributed by atoms with Crippen LogP contribution in [0.4, 0.5) is 0 Å². The van der Waals surface area contributed by atoms with Gasteiger partial charge in [0.1, 0.15) is 0 Å². The normalized spacial score (nSPS) is 11.6. The molecule has 0 nitrogen and oxygen atoms in total. The molecule has 0 N–H and O–H groups in total. The van der Waals surface area contributed by atoms with Gasteiger partial charge >= 0.3 is 0 Å². The number of rotatable bonds is 1. The molecular weight excluding hydrogens is 252 g/mol. The van der Waals surface area contributed by atoms with Crippen molar-refractivity contribution >= 4 is 50.0 Å². The monoisotopic (exact) mass is 262 g/mol. The van der Waals surface area contributed by atoms with Gasteiger partial charge in [0, 0.05) is 5.39 Å². The van der Waals surface area contributed by atoms with Crippen molar-refractivity contribution in [3.63, 3.8) is 0 Å². The molecule has 0 atom stereocenters. The third-order valence-corrected chi connectivity index (χ3v) is 4.25. The fourth-order valence-electron chi connectivity index (χ4n) is 2.95. The maximum Gasteiger partial charge on any atom is 0.0557 e. The largest absolute Gasteiger partial charge is 0.0984 e. The molecule has 0 fully saturated rings.